The van der Waals surface area contributed by atoms with Crippen LogP contribution in [0.25, 0.3) is 0 Å². The van der Waals surface area contributed by atoms with Gasteiger partial charge in [-0.3, -0.25) is 0 Å². The minimum atomic E-state index is 0.771. The Labute approximate surface area is 115 Å². The van der Waals surface area contributed by atoms with Crippen molar-refractivity contribution in [2.75, 3.05) is 0 Å². The molecule has 0 bridgehead atoms. The van der Waals surface area contributed by atoms with Crippen molar-refractivity contribution in [3.05, 3.63) is 23.8 Å². The highest BCUT2D eigenvalue weighted by Crippen LogP contribution is 2.36. The van der Waals surface area contributed by atoms with Gasteiger partial charge in [0.2, 0.25) is 0 Å². The first-order valence-electron chi connectivity index (χ1n) is 8.07. The van der Waals surface area contributed by atoms with E-state index in [0.29, 0.717) is 0 Å². The van der Waals surface area contributed by atoms with E-state index < -0.39 is 0 Å². The third-order valence-electron chi connectivity index (χ3n) is 4.22. The zero-order valence-electron chi connectivity index (χ0n) is 12.9. The zero-order chi connectivity index (χ0) is 13.4. The van der Waals surface area contributed by atoms with Gasteiger partial charge in [-0.25, -0.2) is 0 Å². The van der Waals surface area contributed by atoms with E-state index in [0.717, 1.165) is 17.8 Å². The van der Waals surface area contributed by atoms with Gasteiger partial charge in [-0.15, -0.1) is 0 Å². The molecule has 0 aromatic carbocycles. The number of hydrogen-bond donors (Lipinski definition) is 0. The van der Waals surface area contributed by atoms with Crippen molar-refractivity contribution >= 4 is 0 Å². The molecule has 0 amide bonds. The molecule has 18 heavy (non-hydrogen) atoms. The van der Waals surface area contributed by atoms with Gasteiger partial charge in [0, 0.05) is 0 Å². The summed E-state index contributed by atoms with van der Waals surface area (Å²) in [6, 6.07) is 0. The van der Waals surface area contributed by atoms with Crippen LogP contribution in [-0.2, 0) is 0 Å². The summed E-state index contributed by atoms with van der Waals surface area (Å²) in [6.45, 7) is 9.46. The molecule has 0 spiro atoms. The van der Waals surface area contributed by atoms with Crippen LogP contribution in [0.4, 0.5) is 0 Å². The zero-order valence-corrected chi connectivity index (χ0v) is 12.9. The van der Waals surface area contributed by atoms with Gasteiger partial charge in [0.05, 0.1) is 0 Å². The molecule has 0 heterocycles. The van der Waals surface area contributed by atoms with Crippen LogP contribution in [0.2, 0.25) is 0 Å². The van der Waals surface area contributed by atoms with E-state index in [1.165, 1.54) is 44.9 Å². The lowest BCUT2D eigenvalue weighted by Crippen LogP contribution is -2.22. The number of unbranched alkanes of at least 4 members (excludes halogenated alkanes) is 1. The van der Waals surface area contributed by atoms with Crippen LogP contribution >= 0.6 is 0 Å². The lowest BCUT2D eigenvalue weighted by atomic mass is 9.73. The molecule has 1 aliphatic rings. The second-order valence-corrected chi connectivity index (χ2v) is 6.14. The van der Waals surface area contributed by atoms with E-state index >= 15 is 0 Å². The molecule has 0 heteroatoms. The molecule has 0 fully saturated rings. The summed E-state index contributed by atoms with van der Waals surface area (Å²) in [5, 5.41) is 0. The van der Waals surface area contributed by atoms with Crippen LogP contribution in [0, 0.1) is 17.8 Å². The average molecular weight is 248 g/mol. The fourth-order valence-electron chi connectivity index (χ4n) is 3.42. The molecular formula is C18H32. The highest BCUT2D eigenvalue weighted by molar-refractivity contribution is 5.26. The SMILES string of the molecule is CCCCC(CCC)C(C1=CCCC=C1)C(C)C. The maximum absolute atomic E-state index is 2.50. The highest BCUT2D eigenvalue weighted by Gasteiger charge is 2.26. The second kappa shape index (κ2) is 8.56. The van der Waals surface area contributed by atoms with E-state index in [1.54, 1.807) is 5.57 Å². The first-order valence-corrected chi connectivity index (χ1v) is 8.07. The van der Waals surface area contributed by atoms with Gasteiger partial charge in [-0.2, -0.15) is 0 Å². The molecule has 0 aromatic rings. The number of rotatable bonds is 8. The first-order chi connectivity index (χ1) is 8.70. The molecule has 1 rings (SSSR count). The molecule has 104 valence electrons. The quantitative estimate of drug-likeness (QED) is 0.484. The van der Waals surface area contributed by atoms with E-state index in [1.807, 2.05) is 0 Å². The summed E-state index contributed by atoms with van der Waals surface area (Å²) >= 11 is 0. The summed E-state index contributed by atoms with van der Waals surface area (Å²) in [5.41, 5.74) is 1.63. The fraction of sp³-hybridized carbons (Fsp3) is 0.778. The maximum atomic E-state index is 2.50. The Hall–Kier alpha value is -0.520. The van der Waals surface area contributed by atoms with Crippen molar-refractivity contribution in [1.82, 2.24) is 0 Å². The maximum Gasteiger partial charge on any atom is -0.0114 e. The average Bonchev–Trinajstić information content (AvgIpc) is 2.37. The van der Waals surface area contributed by atoms with Gasteiger partial charge >= 0.3 is 0 Å². The van der Waals surface area contributed by atoms with Gasteiger partial charge < -0.3 is 0 Å². The van der Waals surface area contributed by atoms with E-state index in [9.17, 15) is 0 Å². The Kier molecular flexibility index (Phi) is 7.39. The summed E-state index contributed by atoms with van der Waals surface area (Å²) in [4.78, 5) is 0. The second-order valence-electron chi connectivity index (χ2n) is 6.14. The Morgan fingerprint density at radius 2 is 1.83 bits per heavy atom. The lowest BCUT2D eigenvalue weighted by Gasteiger charge is -2.32. The molecule has 1 aliphatic carbocycles. The fourth-order valence-corrected chi connectivity index (χ4v) is 3.42. The number of hydrogen-bond acceptors (Lipinski definition) is 0. The van der Waals surface area contributed by atoms with E-state index in [-0.39, 0.29) is 0 Å². The smallest absolute Gasteiger partial charge is 0.0114 e. The minimum Gasteiger partial charge on any atom is -0.0840 e. The normalized spacial score (nSPS) is 18.8. The van der Waals surface area contributed by atoms with Crippen molar-refractivity contribution in [2.24, 2.45) is 17.8 Å². The standard InChI is InChI=1S/C18H32/c1-5-7-12-16(11-6-2)18(15(3)4)17-13-9-8-10-14-17/h9,13-16,18H,5-8,10-12H2,1-4H3. The largest absolute Gasteiger partial charge is 0.0840 e. The molecule has 0 N–H and O–H groups in total. The Balaban J connectivity index is 2.78. The Morgan fingerprint density at radius 1 is 1.06 bits per heavy atom. The van der Waals surface area contributed by atoms with Crippen molar-refractivity contribution < 1.29 is 0 Å². The highest BCUT2D eigenvalue weighted by atomic mass is 14.3. The summed E-state index contributed by atoms with van der Waals surface area (Å²) in [7, 11) is 0. The Bertz CT molecular complexity index is 270. The predicted octanol–water partition coefficient (Wildman–Crippen LogP) is 6.14. The Morgan fingerprint density at radius 3 is 2.33 bits per heavy atom. The van der Waals surface area contributed by atoms with Gasteiger partial charge in [0.15, 0.2) is 0 Å². The molecular weight excluding hydrogens is 216 g/mol. The van der Waals surface area contributed by atoms with Gasteiger partial charge in [-0.05, 0) is 42.6 Å². The number of allylic oxidation sites excluding steroid dienone is 4. The molecule has 0 saturated carbocycles. The van der Waals surface area contributed by atoms with Crippen molar-refractivity contribution in [3.8, 4) is 0 Å². The molecule has 0 aromatic heterocycles. The van der Waals surface area contributed by atoms with Crippen LogP contribution < -0.4 is 0 Å². The van der Waals surface area contributed by atoms with E-state index in [2.05, 4.69) is 45.9 Å². The molecule has 2 unspecified atom stereocenters. The third kappa shape index (κ3) is 4.63. The lowest BCUT2D eigenvalue weighted by molar-refractivity contribution is 0.261. The monoisotopic (exact) mass is 248 g/mol. The first kappa shape index (κ1) is 15.5. The van der Waals surface area contributed by atoms with Crippen molar-refractivity contribution in [2.45, 2.75) is 72.6 Å². The molecule has 0 nitrogen and oxygen atoms in total. The van der Waals surface area contributed by atoms with Gasteiger partial charge in [0.25, 0.3) is 0 Å². The molecule has 0 aliphatic heterocycles. The topological polar surface area (TPSA) is 0 Å². The van der Waals surface area contributed by atoms with Gasteiger partial charge in [-0.1, -0.05) is 71.6 Å². The van der Waals surface area contributed by atoms with Crippen LogP contribution in [0.15, 0.2) is 23.8 Å². The third-order valence-corrected chi connectivity index (χ3v) is 4.22. The van der Waals surface area contributed by atoms with Crippen LogP contribution in [0.5, 0.6) is 0 Å². The molecule has 0 saturated heterocycles. The summed E-state index contributed by atoms with van der Waals surface area (Å²) in [5.74, 6) is 2.45. The van der Waals surface area contributed by atoms with Crippen LogP contribution in [-0.4, -0.2) is 0 Å². The van der Waals surface area contributed by atoms with Crippen molar-refractivity contribution in [3.63, 3.8) is 0 Å². The van der Waals surface area contributed by atoms with Crippen molar-refractivity contribution in [1.29, 1.82) is 0 Å². The molecule has 2 atom stereocenters. The summed E-state index contributed by atoms with van der Waals surface area (Å²) < 4.78 is 0. The van der Waals surface area contributed by atoms with Gasteiger partial charge in [0.1, 0.15) is 0 Å². The predicted molar refractivity (Wildman–Crippen MR) is 82.7 cm³/mol. The molecule has 0 radical (unpaired) electrons. The van der Waals surface area contributed by atoms with E-state index in [4.69, 9.17) is 0 Å². The summed E-state index contributed by atoms with van der Waals surface area (Å²) in [6.07, 6.45) is 16.6. The minimum absolute atomic E-state index is 0.771. The van der Waals surface area contributed by atoms with Crippen LogP contribution in [0.1, 0.15) is 72.6 Å². The van der Waals surface area contributed by atoms with Crippen LogP contribution in [0.3, 0.4) is 0 Å².